The summed E-state index contributed by atoms with van der Waals surface area (Å²) in [5.74, 6) is 0. The van der Waals surface area contributed by atoms with Crippen LogP contribution in [-0.2, 0) is 4.74 Å². The molecule has 1 rings (SSSR count). The molecule has 1 heterocycles. The van der Waals surface area contributed by atoms with Crippen molar-refractivity contribution in [2.24, 2.45) is 0 Å². The molecule has 0 amide bonds. The van der Waals surface area contributed by atoms with E-state index in [0.29, 0.717) is 6.04 Å². The van der Waals surface area contributed by atoms with E-state index < -0.39 is 0 Å². The maximum atomic E-state index is 5.53. The Hall–Kier alpha value is -0.380. The largest absolute Gasteiger partial charge is 0.379 e. The van der Waals surface area contributed by atoms with E-state index in [1.54, 1.807) is 18.4 Å². The van der Waals surface area contributed by atoms with Gasteiger partial charge in [-0.05, 0) is 30.8 Å². The molecule has 0 aromatic carbocycles. The van der Waals surface area contributed by atoms with E-state index in [2.05, 4.69) is 36.7 Å². The highest BCUT2D eigenvalue weighted by atomic mass is 32.1. The lowest BCUT2D eigenvalue weighted by Gasteiger charge is -2.25. The number of hydrogen-bond donors (Lipinski definition) is 1. The predicted molar refractivity (Wildman–Crippen MR) is 66.4 cm³/mol. The molecule has 1 aromatic rings. The fourth-order valence-electron chi connectivity index (χ4n) is 1.72. The van der Waals surface area contributed by atoms with Crippen LogP contribution in [0.25, 0.3) is 0 Å². The van der Waals surface area contributed by atoms with E-state index in [9.17, 15) is 0 Å². The lowest BCUT2D eigenvalue weighted by molar-refractivity contribution is 0.0661. The quantitative estimate of drug-likeness (QED) is 0.772. The number of rotatable bonds is 7. The Bertz CT molecular complexity index is 244. The highest BCUT2D eigenvalue weighted by molar-refractivity contribution is 7.10. The van der Waals surface area contributed by atoms with Crippen LogP contribution in [0.4, 0.5) is 0 Å². The molecule has 0 saturated carbocycles. The van der Waals surface area contributed by atoms with E-state index in [1.807, 2.05) is 0 Å². The molecule has 86 valence electrons. The van der Waals surface area contributed by atoms with Gasteiger partial charge in [-0.2, -0.15) is 0 Å². The first-order chi connectivity index (χ1) is 7.33. The summed E-state index contributed by atoms with van der Waals surface area (Å²) in [7, 11) is 1.79. The highest BCUT2D eigenvalue weighted by Gasteiger charge is 2.21. The molecule has 1 aromatic heterocycles. The van der Waals surface area contributed by atoms with Crippen LogP contribution in [0, 0.1) is 0 Å². The van der Waals surface area contributed by atoms with Gasteiger partial charge < -0.3 is 10.1 Å². The van der Waals surface area contributed by atoms with Gasteiger partial charge >= 0.3 is 0 Å². The zero-order chi connectivity index (χ0) is 11.1. The van der Waals surface area contributed by atoms with Crippen molar-refractivity contribution in [3.05, 3.63) is 22.4 Å². The summed E-state index contributed by atoms with van der Waals surface area (Å²) in [6.07, 6.45) is 2.47. The molecule has 2 atom stereocenters. The lowest BCUT2D eigenvalue weighted by Crippen LogP contribution is -2.32. The van der Waals surface area contributed by atoms with E-state index in [1.165, 1.54) is 4.88 Å². The summed E-state index contributed by atoms with van der Waals surface area (Å²) >= 11 is 1.80. The van der Waals surface area contributed by atoms with Crippen molar-refractivity contribution in [3.63, 3.8) is 0 Å². The van der Waals surface area contributed by atoms with Gasteiger partial charge in [-0.25, -0.2) is 0 Å². The first-order valence-electron chi connectivity index (χ1n) is 5.63. The van der Waals surface area contributed by atoms with Gasteiger partial charge in [0.15, 0.2) is 0 Å². The third-order valence-corrected chi connectivity index (χ3v) is 3.50. The van der Waals surface area contributed by atoms with Crippen molar-refractivity contribution in [2.45, 2.75) is 38.8 Å². The Morgan fingerprint density at radius 2 is 2.27 bits per heavy atom. The molecule has 0 aliphatic carbocycles. The minimum atomic E-state index is 0.273. The smallest absolute Gasteiger partial charge is 0.0771 e. The molecule has 0 radical (unpaired) electrons. The van der Waals surface area contributed by atoms with Crippen molar-refractivity contribution in [1.29, 1.82) is 0 Å². The molecule has 15 heavy (non-hydrogen) atoms. The monoisotopic (exact) mass is 227 g/mol. The third kappa shape index (κ3) is 3.59. The number of hydrogen-bond acceptors (Lipinski definition) is 3. The topological polar surface area (TPSA) is 21.3 Å². The van der Waals surface area contributed by atoms with Gasteiger partial charge in [-0.15, -0.1) is 11.3 Å². The van der Waals surface area contributed by atoms with E-state index in [0.717, 1.165) is 19.4 Å². The first-order valence-corrected chi connectivity index (χ1v) is 6.51. The second kappa shape index (κ2) is 6.99. The van der Waals surface area contributed by atoms with Gasteiger partial charge in [0.25, 0.3) is 0 Å². The van der Waals surface area contributed by atoms with E-state index in [-0.39, 0.29) is 6.10 Å². The van der Waals surface area contributed by atoms with Crippen LogP contribution in [0.15, 0.2) is 17.5 Å². The van der Waals surface area contributed by atoms with Gasteiger partial charge in [0.1, 0.15) is 0 Å². The summed E-state index contributed by atoms with van der Waals surface area (Å²) in [6.45, 7) is 5.40. The Morgan fingerprint density at radius 1 is 1.47 bits per heavy atom. The first kappa shape index (κ1) is 12.7. The zero-order valence-electron chi connectivity index (χ0n) is 9.82. The van der Waals surface area contributed by atoms with Crippen molar-refractivity contribution >= 4 is 11.3 Å². The Labute approximate surface area is 96.7 Å². The van der Waals surface area contributed by atoms with E-state index in [4.69, 9.17) is 4.74 Å². The second-order valence-corrected chi connectivity index (χ2v) is 4.61. The fraction of sp³-hybridized carbons (Fsp3) is 0.667. The average Bonchev–Trinajstić information content (AvgIpc) is 2.77. The van der Waals surface area contributed by atoms with Gasteiger partial charge in [-0.1, -0.05) is 19.9 Å². The molecule has 3 heteroatoms. The van der Waals surface area contributed by atoms with Crippen molar-refractivity contribution in [3.8, 4) is 0 Å². The van der Waals surface area contributed by atoms with Crippen LogP contribution in [0.3, 0.4) is 0 Å². The van der Waals surface area contributed by atoms with Crippen LogP contribution < -0.4 is 5.32 Å². The molecule has 2 unspecified atom stereocenters. The number of nitrogens with one attached hydrogen (secondary N) is 1. The maximum Gasteiger partial charge on any atom is 0.0771 e. The average molecular weight is 227 g/mol. The van der Waals surface area contributed by atoms with Crippen LogP contribution in [0.2, 0.25) is 0 Å². The molecular formula is C12H21NOS. The molecule has 2 nitrogen and oxygen atoms in total. The number of methoxy groups -OCH3 is 1. The predicted octanol–water partition coefficient (Wildman–Crippen LogP) is 3.21. The number of ether oxygens (including phenoxy) is 1. The molecule has 0 aliphatic rings. The molecular weight excluding hydrogens is 206 g/mol. The minimum Gasteiger partial charge on any atom is -0.379 e. The fourth-order valence-corrected chi connectivity index (χ4v) is 2.57. The summed E-state index contributed by atoms with van der Waals surface area (Å²) < 4.78 is 5.53. The Kier molecular flexibility index (Phi) is 5.91. The van der Waals surface area contributed by atoms with Gasteiger partial charge in [-0.3, -0.25) is 0 Å². The standard InChI is InChI=1S/C12H21NOS/c1-4-8-13-12(10(5-2)14-3)11-7-6-9-15-11/h6-7,9-10,12-13H,4-5,8H2,1-3H3. The summed E-state index contributed by atoms with van der Waals surface area (Å²) in [5.41, 5.74) is 0. The summed E-state index contributed by atoms with van der Waals surface area (Å²) in [6, 6.07) is 4.63. The molecule has 0 bridgehead atoms. The van der Waals surface area contributed by atoms with Crippen molar-refractivity contribution in [2.75, 3.05) is 13.7 Å². The Morgan fingerprint density at radius 3 is 2.73 bits per heavy atom. The second-order valence-electron chi connectivity index (χ2n) is 3.63. The van der Waals surface area contributed by atoms with Crippen molar-refractivity contribution in [1.82, 2.24) is 5.32 Å². The van der Waals surface area contributed by atoms with Crippen LogP contribution >= 0.6 is 11.3 Å². The highest BCUT2D eigenvalue weighted by Crippen LogP contribution is 2.25. The van der Waals surface area contributed by atoms with Gasteiger partial charge in [0.05, 0.1) is 12.1 Å². The van der Waals surface area contributed by atoms with Crippen LogP contribution in [-0.4, -0.2) is 19.8 Å². The molecule has 0 spiro atoms. The molecule has 1 N–H and O–H groups in total. The molecule has 0 aliphatic heterocycles. The zero-order valence-corrected chi connectivity index (χ0v) is 10.6. The van der Waals surface area contributed by atoms with Crippen LogP contribution in [0.1, 0.15) is 37.6 Å². The number of thiophene rings is 1. The normalized spacial score (nSPS) is 15.1. The Balaban J connectivity index is 2.68. The molecule has 0 fully saturated rings. The molecule has 0 saturated heterocycles. The lowest BCUT2D eigenvalue weighted by atomic mass is 10.1. The summed E-state index contributed by atoms with van der Waals surface area (Å²) in [4.78, 5) is 1.37. The van der Waals surface area contributed by atoms with Crippen LogP contribution in [0.5, 0.6) is 0 Å². The van der Waals surface area contributed by atoms with Gasteiger partial charge in [0, 0.05) is 12.0 Å². The van der Waals surface area contributed by atoms with E-state index >= 15 is 0 Å². The van der Waals surface area contributed by atoms with Crippen molar-refractivity contribution < 1.29 is 4.74 Å². The maximum absolute atomic E-state index is 5.53. The van der Waals surface area contributed by atoms with Gasteiger partial charge in [0.2, 0.25) is 0 Å². The SMILES string of the molecule is CCCNC(c1cccs1)C(CC)OC. The third-order valence-electron chi connectivity index (χ3n) is 2.54. The minimum absolute atomic E-state index is 0.273. The summed E-state index contributed by atoms with van der Waals surface area (Å²) in [5, 5.41) is 5.68.